The SMILES string of the molecule is CC(C)[C@H]1NC(=O)[C@H](C)N(C)C(=O)[C@H](Cc2ccccc2)NC(=O)CN(C(=O)CN2CCOC2=O)C[C@@H](c2ccccc2)NC(=O)[C@H](C)NC1=O. The number of nitrogens with one attached hydrogen (secondary N) is 4. The van der Waals surface area contributed by atoms with Gasteiger partial charge in [0, 0.05) is 20.0 Å². The fraction of sp³-hybridized carbons (Fsp3) is 0.472. The van der Waals surface area contributed by atoms with Crippen LogP contribution in [0.3, 0.4) is 0 Å². The zero-order valence-corrected chi connectivity index (χ0v) is 29.6. The van der Waals surface area contributed by atoms with E-state index in [2.05, 4.69) is 21.3 Å². The quantitative estimate of drug-likeness (QED) is 0.332. The summed E-state index contributed by atoms with van der Waals surface area (Å²) in [5.74, 6) is -3.99. The minimum absolute atomic E-state index is 0.0786. The van der Waals surface area contributed by atoms with E-state index in [4.69, 9.17) is 4.74 Å². The van der Waals surface area contributed by atoms with Crippen molar-refractivity contribution >= 4 is 41.5 Å². The van der Waals surface area contributed by atoms with E-state index in [9.17, 15) is 33.6 Å². The monoisotopic (exact) mass is 705 g/mol. The maximum Gasteiger partial charge on any atom is 0.410 e. The molecule has 2 saturated heterocycles. The van der Waals surface area contributed by atoms with Crippen molar-refractivity contribution in [1.82, 2.24) is 36.0 Å². The molecule has 274 valence electrons. The van der Waals surface area contributed by atoms with Crippen LogP contribution < -0.4 is 21.3 Å². The molecule has 7 amide bonds. The van der Waals surface area contributed by atoms with E-state index < -0.39 is 78.3 Å². The van der Waals surface area contributed by atoms with Gasteiger partial charge in [-0.15, -0.1) is 0 Å². The molecule has 2 aromatic rings. The van der Waals surface area contributed by atoms with Crippen molar-refractivity contribution in [2.75, 3.05) is 39.8 Å². The lowest BCUT2D eigenvalue weighted by molar-refractivity contribution is -0.143. The molecule has 0 unspecified atom stereocenters. The highest BCUT2D eigenvalue weighted by Gasteiger charge is 2.35. The first-order valence-corrected chi connectivity index (χ1v) is 17.0. The molecule has 0 radical (unpaired) electrons. The number of hydrogen-bond acceptors (Lipinski definition) is 8. The number of hydrogen-bond donors (Lipinski definition) is 4. The minimum atomic E-state index is -1.14. The van der Waals surface area contributed by atoms with Crippen molar-refractivity contribution in [3.63, 3.8) is 0 Å². The number of ether oxygens (including phenoxy) is 1. The summed E-state index contributed by atoms with van der Waals surface area (Å²) in [7, 11) is 1.43. The average molecular weight is 706 g/mol. The summed E-state index contributed by atoms with van der Waals surface area (Å²) in [4.78, 5) is 97.9. The van der Waals surface area contributed by atoms with Crippen LogP contribution in [0.4, 0.5) is 4.79 Å². The Morgan fingerprint density at radius 1 is 0.843 bits per heavy atom. The molecule has 4 N–H and O–H groups in total. The van der Waals surface area contributed by atoms with Crippen molar-refractivity contribution in [2.24, 2.45) is 5.92 Å². The predicted molar refractivity (Wildman–Crippen MR) is 186 cm³/mol. The van der Waals surface area contributed by atoms with E-state index >= 15 is 0 Å². The van der Waals surface area contributed by atoms with Crippen LogP contribution in [0.25, 0.3) is 0 Å². The van der Waals surface area contributed by atoms with Gasteiger partial charge in [0.15, 0.2) is 0 Å². The van der Waals surface area contributed by atoms with Gasteiger partial charge in [-0.1, -0.05) is 74.5 Å². The smallest absolute Gasteiger partial charge is 0.410 e. The Bertz CT molecular complexity index is 1590. The van der Waals surface area contributed by atoms with Crippen LogP contribution in [0, 0.1) is 5.92 Å². The molecule has 0 aliphatic carbocycles. The standard InChI is InChI=1S/C36H47N7O8/c1-22(2)31-34(48)37-23(3)32(46)39-28(26-14-10-7-11-15-26)19-43(30(45)21-42-16-17-51-36(42)50)20-29(44)38-27(18-25-12-8-6-9-13-25)35(49)41(5)24(4)33(47)40-31/h6-15,22-24,27-28,31H,16-21H2,1-5H3,(H,37,48)(H,38,44)(H,39,46)(H,40,47)/t23-,24-,27-,28-,31+/m0/s1. The summed E-state index contributed by atoms with van der Waals surface area (Å²) in [6, 6.07) is 12.6. The first kappa shape index (κ1) is 38.3. The fourth-order valence-electron chi connectivity index (χ4n) is 5.78. The van der Waals surface area contributed by atoms with E-state index in [1.54, 1.807) is 68.4 Å². The van der Waals surface area contributed by atoms with Gasteiger partial charge in [-0.05, 0) is 30.9 Å². The molecule has 2 aliphatic rings. The van der Waals surface area contributed by atoms with Gasteiger partial charge in [0.05, 0.1) is 19.1 Å². The Balaban J connectivity index is 1.74. The van der Waals surface area contributed by atoms with Crippen molar-refractivity contribution in [3.05, 3.63) is 71.8 Å². The first-order chi connectivity index (χ1) is 24.2. The molecule has 2 fully saturated rings. The van der Waals surface area contributed by atoms with Gasteiger partial charge in [-0.2, -0.15) is 0 Å². The molecule has 2 aliphatic heterocycles. The maximum atomic E-state index is 14.0. The number of cyclic esters (lactones) is 1. The summed E-state index contributed by atoms with van der Waals surface area (Å²) in [5, 5.41) is 11.0. The van der Waals surface area contributed by atoms with Crippen LogP contribution in [0.5, 0.6) is 0 Å². The second-order valence-electron chi connectivity index (χ2n) is 13.2. The van der Waals surface area contributed by atoms with Crippen molar-refractivity contribution in [3.8, 4) is 0 Å². The lowest BCUT2D eigenvalue weighted by atomic mass is 10.0. The zero-order chi connectivity index (χ0) is 37.2. The molecule has 0 aromatic heterocycles. The number of carbonyl (C=O) groups excluding carboxylic acids is 7. The van der Waals surface area contributed by atoms with E-state index in [1.165, 1.54) is 35.6 Å². The topological polar surface area (TPSA) is 187 Å². The fourth-order valence-corrected chi connectivity index (χ4v) is 5.78. The summed E-state index contributed by atoms with van der Waals surface area (Å²) >= 11 is 0. The number of benzene rings is 2. The summed E-state index contributed by atoms with van der Waals surface area (Å²) in [6.45, 7) is 5.68. The minimum Gasteiger partial charge on any atom is -0.448 e. The van der Waals surface area contributed by atoms with Crippen LogP contribution in [-0.4, -0.2) is 120 Å². The molecule has 0 saturated carbocycles. The second-order valence-corrected chi connectivity index (χ2v) is 13.2. The third-order valence-corrected chi connectivity index (χ3v) is 9.00. The van der Waals surface area contributed by atoms with Gasteiger partial charge in [0.25, 0.3) is 0 Å². The normalized spacial score (nSPS) is 24.6. The molecule has 15 heteroatoms. The van der Waals surface area contributed by atoms with E-state index in [1.807, 2.05) is 6.07 Å². The summed E-state index contributed by atoms with van der Waals surface area (Å²) < 4.78 is 4.98. The highest BCUT2D eigenvalue weighted by Crippen LogP contribution is 2.17. The molecule has 0 spiro atoms. The van der Waals surface area contributed by atoms with E-state index in [-0.39, 0.29) is 38.6 Å². The van der Waals surface area contributed by atoms with Gasteiger partial charge in [-0.25, -0.2) is 4.79 Å². The van der Waals surface area contributed by atoms with Gasteiger partial charge < -0.3 is 35.8 Å². The molecule has 51 heavy (non-hydrogen) atoms. The third kappa shape index (κ3) is 10.3. The van der Waals surface area contributed by atoms with Crippen LogP contribution in [0.2, 0.25) is 0 Å². The van der Waals surface area contributed by atoms with E-state index in [0.29, 0.717) is 5.56 Å². The molecule has 0 bridgehead atoms. The number of likely N-dealkylation sites (N-methyl/N-ethyl adjacent to an activating group) is 1. The van der Waals surface area contributed by atoms with Crippen molar-refractivity contribution in [2.45, 2.75) is 64.3 Å². The average Bonchev–Trinajstić information content (AvgIpc) is 3.51. The predicted octanol–water partition coefficient (Wildman–Crippen LogP) is 0.358. The molecule has 2 heterocycles. The Morgan fingerprint density at radius 2 is 1.49 bits per heavy atom. The molecular formula is C36H47N7O8. The molecule has 2 aromatic carbocycles. The van der Waals surface area contributed by atoms with Crippen LogP contribution in [0.1, 0.15) is 44.9 Å². The maximum absolute atomic E-state index is 14.0. The van der Waals surface area contributed by atoms with Crippen LogP contribution in [-0.2, 0) is 39.9 Å². The van der Waals surface area contributed by atoms with Gasteiger partial charge in [-0.3, -0.25) is 33.7 Å². The summed E-state index contributed by atoms with van der Waals surface area (Å²) in [6.07, 6.45) is -0.587. The first-order valence-electron chi connectivity index (χ1n) is 17.0. The number of amides is 7. The lowest BCUT2D eigenvalue weighted by Crippen LogP contribution is -2.60. The van der Waals surface area contributed by atoms with Gasteiger partial charge in [0.2, 0.25) is 35.4 Å². The number of rotatable bonds is 6. The molecular weight excluding hydrogens is 658 g/mol. The van der Waals surface area contributed by atoms with Gasteiger partial charge >= 0.3 is 6.09 Å². The highest BCUT2D eigenvalue weighted by molar-refractivity contribution is 5.96. The Morgan fingerprint density at radius 3 is 2.10 bits per heavy atom. The Labute approximate surface area is 297 Å². The van der Waals surface area contributed by atoms with Crippen LogP contribution in [0.15, 0.2) is 60.7 Å². The Kier molecular flexibility index (Phi) is 13.1. The third-order valence-electron chi connectivity index (χ3n) is 9.00. The van der Waals surface area contributed by atoms with Gasteiger partial charge in [0.1, 0.15) is 37.3 Å². The molecule has 15 nitrogen and oxygen atoms in total. The second kappa shape index (κ2) is 17.5. The molecule has 4 rings (SSSR count). The van der Waals surface area contributed by atoms with Crippen molar-refractivity contribution < 1.29 is 38.3 Å². The number of carbonyl (C=O) groups is 7. The summed E-state index contributed by atoms with van der Waals surface area (Å²) in [5.41, 5.74) is 1.35. The van der Waals surface area contributed by atoms with Crippen molar-refractivity contribution in [1.29, 1.82) is 0 Å². The number of nitrogens with zero attached hydrogens (tertiary/aromatic N) is 3. The van der Waals surface area contributed by atoms with E-state index in [0.717, 1.165) is 5.56 Å². The molecule has 5 atom stereocenters. The zero-order valence-electron chi connectivity index (χ0n) is 29.6. The largest absolute Gasteiger partial charge is 0.448 e. The Hall–Kier alpha value is -5.47. The lowest BCUT2D eigenvalue weighted by Gasteiger charge is -2.33. The highest BCUT2D eigenvalue weighted by atomic mass is 16.6. The van der Waals surface area contributed by atoms with Crippen LogP contribution >= 0.6 is 0 Å².